The summed E-state index contributed by atoms with van der Waals surface area (Å²) >= 11 is 0. The van der Waals surface area contributed by atoms with Crippen molar-refractivity contribution >= 4 is 17.6 Å². The molecule has 0 spiro atoms. The highest BCUT2D eigenvalue weighted by molar-refractivity contribution is 6.22. The lowest BCUT2D eigenvalue weighted by Gasteiger charge is -2.21. The Kier molecular flexibility index (Phi) is 3.53. The fraction of sp³-hybridized carbons (Fsp3) is 0.400. The molecule has 0 aromatic heterocycles. The lowest BCUT2D eigenvalue weighted by atomic mass is 9.99. The van der Waals surface area contributed by atoms with Crippen molar-refractivity contribution in [3.05, 3.63) is 28.8 Å². The number of aliphatic hydroxyl groups is 1. The highest BCUT2D eigenvalue weighted by Gasteiger charge is 2.53. The maximum absolute atomic E-state index is 13.3. The normalized spacial score (nSPS) is 23.7. The summed E-state index contributed by atoms with van der Waals surface area (Å²) in [4.78, 5) is 26.6. The molecule has 1 N–H and O–H groups in total. The number of amides is 3. The first-order valence-corrected chi connectivity index (χ1v) is 7.12. The number of aliphatic hydroxyl groups excluding tert-OH is 1. The number of carbonyl (C=O) groups excluding carboxylic acids is 2. The fourth-order valence-electron chi connectivity index (χ4n) is 3.27. The third-order valence-corrected chi connectivity index (χ3v) is 4.36. The second kappa shape index (κ2) is 5.21. The molecular weight excluding hydrogens is 327 g/mol. The fourth-order valence-corrected chi connectivity index (χ4v) is 3.27. The molecule has 24 heavy (non-hydrogen) atoms. The van der Waals surface area contributed by atoms with Gasteiger partial charge in [0.05, 0.1) is 29.0 Å². The van der Waals surface area contributed by atoms with Gasteiger partial charge < -0.3 is 10.0 Å². The van der Waals surface area contributed by atoms with Crippen molar-refractivity contribution in [3.63, 3.8) is 0 Å². The number of hydrogen-bond donors (Lipinski definition) is 1. The number of halogens is 3. The maximum Gasteiger partial charge on any atom is 0.418 e. The van der Waals surface area contributed by atoms with Crippen LogP contribution in [0.25, 0.3) is 0 Å². The zero-order valence-corrected chi connectivity index (χ0v) is 12.5. The molecule has 1 aromatic rings. The third-order valence-electron chi connectivity index (χ3n) is 4.36. The molecule has 0 aliphatic carbocycles. The third kappa shape index (κ3) is 2.14. The SMILES string of the molecule is Cc1c(N2C(=O)C3[C@@H](O)CCN3C2=O)ccc(C#N)c1C(F)(F)F. The number of imide groups is 1. The lowest BCUT2D eigenvalue weighted by molar-refractivity contribution is -0.138. The summed E-state index contributed by atoms with van der Waals surface area (Å²) in [7, 11) is 0. The highest BCUT2D eigenvalue weighted by Crippen LogP contribution is 2.40. The van der Waals surface area contributed by atoms with E-state index in [1.807, 2.05) is 0 Å². The minimum absolute atomic E-state index is 0.161. The van der Waals surface area contributed by atoms with E-state index in [0.717, 1.165) is 24.0 Å². The maximum atomic E-state index is 13.3. The molecule has 2 aliphatic heterocycles. The average molecular weight is 339 g/mol. The van der Waals surface area contributed by atoms with Crippen LogP contribution in [0.4, 0.5) is 23.7 Å². The van der Waals surface area contributed by atoms with E-state index in [9.17, 15) is 27.9 Å². The van der Waals surface area contributed by atoms with Crippen LogP contribution in [0.2, 0.25) is 0 Å². The summed E-state index contributed by atoms with van der Waals surface area (Å²) in [6, 6.07) is 1.72. The van der Waals surface area contributed by atoms with Gasteiger partial charge in [-0.05, 0) is 31.0 Å². The molecule has 2 saturated heterocycles. The quantitative estimate of drug-likeness (QED) is 0.791. The molecule has 1 unspecified atom stereocenters. The van der Waals surface area contributed by atoms with Gasteiger partial charge in [0, 0.05) is 6.54 Å². The van der Waals surface area contributed by atoms with Gasteiger partial charge in [0.1, 0.15) is 6.04 Å². The summed E-state index contributed by atoms with van der Waals surface area (Å²) in [5.74, 6) is -0.758. The first kappa shape index (κ1) is 16.3. The van der Waals surface area contributed by atoms with E-state index in [1.165, 1.54) is 6.07 Å². The van der Waals surface area contributed by atoms with Gasteiger partial charge in [-0.3, -0.25) is 4.79 Å². The van der Waals surface area contributed by atoms with E-state index in [2.05, 4.69) is 0 Å². The van der Waals surface area contributed by atoms with Gasteiger partial charge >= 0.3 is 12.2 Å². The smallest absolute Gasteiger partial charge is 0.390 e. The highest BCUT2D eigenvalue weighted by atomic mass is 19.4. The second-order valence-corrected chi connectivity index (χ2v) is 5.69. The number of fused-ring (bicyclic) bond motifs is 1. The Balaban J connectivity index is 2.13. The van der Waals surface area contributed by atoms with Crippen molar-refractivity contribution in [2.45, 2.75) is 31.7 Å². The van der Waals surface area contributed by atoms with Crippen LogP contribution in [0.15, 0.2) is 12.1 Å². The number of rotatable bonds is 1. The van der Waals surface area contributed by atoms with Crippen LogP contribution in [0.5, 0.6) is 0 Å². The molecule has 0 saturated carbocycles. The van der Waals surface area contributed by atoms with Crippen molar-refractivity contribution < 1.29 is 27.9 Å². The van der Waals surface area contributed by atoms with Gasteiger partial charge in [0.25, 0.3) is 5.91 Å². The summed E-state index contributed by atoms with van der Waals surface area (Å²) < 4.78 is 39.8. The van der Waals surface area contributed by atoms with Gasteiger partial charge in [-0.1, -0.05) is 0 Å². The number of urea groups is 1. The van der Waals surface area contributed by atoms with Crippen molar-refractivity contribution in [1.29, 1.82) is 5.26 Å². The first-order chi connectivity index (χ1) is 11.2. The van der Waals surface area contributed by atoms with Crippen LogP contribution < -0.4 is 4.90 Å². The Labute approximate surface area is 134 Å². The number of carbonyl (C=O) groups is 2. The predicted molar refractivity (Wildman–Crippen MR) is 74.9 cm³/mol. The zero-order chi connectivity index (χ0) is 17.8. The van der Waals surface area contributed by atoms with E-state index < -0.39 is 41.4 Å². The minimum Gasteiger partial charge on any atom is -0.390 e. The summed E-state index contributed by atoms with van der Waals surface area (Å²) in [6.45, 7) is 1.27. The Bertz CT molecular complexity index is 785. The number of nitrogens with zero attached hydrogens (tertiary/aromatic N) is 3. The zero-order valence-electron chi connectivity index (χ0n) is 12.5. The van der Waals surface area contributed by atoms with Crippen LogP contribution in [-0.2, 0) is 11.0 Å². The molecular formula is C15H12F3N3O3. The van der Waals surface area contributed by atoms with Gasteiger partial charge in [-0.2, -0.15) is 18.4 Å². The Morgan fingerprint density at radius 2 is 2.00 bits per heavy atom. The average Bonchev–Trinajstić information content (AvgIpc) is 2.99. The van der Waals surface area contributed by atoms with E-state index in [-0.39, 0.29) is 24.2 Å². The van der Waals surface area contributed by atoms with Crippen LogP contribution in [0.3, 0.4) is 0 Å². The van der Waals surface area contributed by atoms with Gasteiger partial charge in [-0.25, -0.2) is 9.69 Å². The van der Waals surface area contributed by atoms with Crippen LogP contribution >= 0.6 is 0 Å². The van der Waals surface area contributed by atoms with Crippen LogP contribution in [-0.4, -0.2) is 40.6 Å². The number of alkyl halides is 3. The van der Waals surface area contributed by atoms with Crippen molar-refractivity contribution in [1.82, 2.24) is 4.90 Å². The molecule has 1 aromatic carbocycles. The molecule has 2 aliphatic rings. The van der Waals surface area contributed by atoms with Crippen molar-refractivity contribution in [2.24, 2.45) is 0 Å². The number of benzene rings is 1. The summed E-state index contributed by atoms with van der Waals surface area (Å²) in [6.07, 6.45) is -5.59. The molecule has 3 amide bonds. The molecule has 0 bridgehead atoms. The van der Waals surface area contributed by atoms with Crippen molar-refractivity contribution in [3.8, 4) is 6.07 Å². The molecule has 2 heterocycles. The Morgan fingerprint density at radius 1 is 1.33 bits per heavy atom. The number of anilines is 1. The lowest BCUT2D eigenvalue weighted by Crippen LogP contribution is -2.37. The monoisotopic (exact) mass is 339 g/mol. The topological polar surface area (TPSA) is 84.6 Å². The Hall–Kier alpha value is -2.60. The standard InChI is InChI=1S/C15H12F3N3O3/c1-7-9(3-2-8(6-19)11(7)15(16,17)18)21-13(23)12-10(22)4-5-20(12)14(21)24/h2-3,10,12,22H,4-5H2,1H3/t10-,12?/m0/s1. The summed E-state index contributed by atoms with van der Waals surface area (Å²) in [5, 5.41) is 18.7. The Morgan fingerprint density at radius 3 is 2.54 bits per heavy atom. The van der Waals surface area contributed by atoms with E-state index in [0.29, 0.717) is 4.90 Å². The summed E-state index contributed by atoms with van der Waals surface area (Å²) in [5.41, 5.74) is -2.35. The largest absolute Gasteiger partial charge is 0.418 e. The van der Waals surface area contributed by atoms with Crippen LogP contribution in [0, 0.1) is 18.3 Å². The van der Waals surface area contributed by atoms with Crippen molar-refractivity contribution in [2.75, 3.05) is 11.4 Å². The number of nitriles is 1. The van der Waals surface area contributed by atoms with Crippen LogP contribution in [0.1, 0.15) is 23.1 Å². The van der Waals surface area contributed by atoms with Gasteiger partial charge in [0.2, 0.25) is 0 Å². The molecule has 126 valence electrons. The van der Waals surface area contributed by atoms with Gasteiger partial charge in [0.15, 0.2) is 0 Å². The minimum atomic E-state index is -4.80. The molecule has 0 radical (unpaired) electrons. The molecule has 9 heteroatoms. The van der Waals surface area contributed by atoms with Gasteiger partial charge in [-0.15, -0.1) is 0 Å². The second-order valence-electron chi connectivity index (χ2n) is 5.69. The number of hydrogen-bond acceptors (Lipinski definition) is 4. The molecule has 2 atom stereocenters. The first-order valence-electron chi connectivity index (χ1n) is 7.12. The van der Waals surface area contributed by atoms with E-state index in [4.69, 9.17) is 5.26 Å². The van der Waals surface area contributed by atoms with E-state index in [1.54, 1.807) is 0 Å². The predicted octanol–water partition coefficient (Wildman–Crippen LogP) is 1.79. The molecule has 6 nitrogen and oxygen atoms in total. The molecule has 2 fully saturated rings. The molecule has 3 rings (SSSR count). The van der Waals surface area contributed by atoms with E-state index >= 15 is 0 Å².